The largest absolute Gasteiger partial charge is 0.456 e. The molecule has 0 atom stereocenters. The number of benzene rings is 9. The zero-order valence-corrected chi connectivity index (χ0v) is 31.1. The van der Waals surface area contributed by atoms with Crippen molar-refractivity contribution in [3.05, 3.63) is 188 Å². The van der Waals surface area contributed by atoms with E-state index < -0.39 is 0 Å². The van der Waals surface area contributed by atoms with Crippen LogP contribution in [-0.4, -0.2) is 15.0 Å². The molecular weight excluding hydrogens is 711 g/mol. The fraction of sp³-hybridized carbons (Fsp3) is 0. The Hall–Kier alpha value is -7.89. The van der Waals surface area contributed by atoms with E-state index in [2.05, 4.69) is 127 Å². The van der Waals surface area contributed by atoms with Crippen molar-refractivity contribution in [1.82, 2.24) is 15.0 Å². The molecule has 0 radical (unpaired) electrons. The van der Waals surface area contributed by atoms with E-state index in [-0.39, 0.29) is 0 Å². The van der Waals surface area contributed by atoms with E-state index in [1.165, 1.54) is 27.1 Å². The lowest BCUT2D eigenvalue weighted by Crippen LogP contribution is -2.00. The van der Waals surface area contributed by atoms with Crippen LogP contribution in [0.2, 0.25) is 0 Å². The summed E-state index contributed by atoms with van der Waals surface area (Å²) in [5.74, 6) is 1.82. The van der Waals surface area contributed by atoms with Gasteiger partial charge < -0.3 is 8.83 Å². The number of nitrogens with zero attached hydrogens (tertiary/aromatic N) is 3. The van der Waals surface area contributed by atoms with Crippen molar-refractivity contribution in [2.75, 3.05) is 0 Å². The first-order valence-corrected chi connectivity index (χ1v) is 19.4. The fourth-order valence-electron chi connectivity index (χ4n) is 8.44. The highest BCUT2D eigenvalue weighted by Gasteiger charge is 2.17. The van der Waals surface area contributed by atoms with Gasteiger partial charge in [0.1, 0.15) is 22.3 Å². The molecule has 3 aromatic heterocycles. The molecule has 12 rings (SSSR count). The molecule has 9 aromatic carbocycles. The van der Waals surface area contributed by atoms with Crippen LogP contribution in [0.5, 0.6) is 0 Å². The Kier molecular flexibility index (Phi) is 7.16. The molecule has 0 unspecified atom stereocenters. The van der Waals surface area contributed by atoms with Crippen molar-refractivity contribution in [2.45, 2.75) is 0 Å². The summed E-state index contributed by atoms with van der Waals surface area (Å²) in [5.41, 5.74) is 10.6. The van der Waals surface area contributed by atoms with Crippen LogP contribution in [0.1, 0.15) is 0 Å². The summed E-state index contributed by atoms with van der Waals surface area (Å²) in [6.07, 6.45) is 0. The van der Waals surface area contributed by atoms with Crippen LogP contribution < -0.4 is 0 Å². The van der Waals surface area contributed by atoms with Crippen molar-refractivity contribution in [1.29, 1.82) is 0 Å². The Morgan fingerprint density at radius 1 is 0.276 bits per heavy atom. The van der Waals surface area contributed by atoms with Crippen molar-refractivity contribution >= 4 is 65.4 Å². The van der Waals surface area contributed by atoms with E-state index in [0.29, 0.717) is 17.5 Å². The number of para-hydroxylation sites is 1. The summed E-state index contributed by atoms with van der Waals surface area (Å²) in [4.78, 5) is 15.1. The van der Waals surface area contributed by atoms with Gasteiger partial charge in [0.2, 0.25) is 0 Å². The van der Waals surface area contributed by atoms with Crippen LogP contribution in [0.25, 0.3) is 122 Å². The van der Waals surface area contributed by atoms with E-state index in [0.717, 1.165) is 77.3 Å². The summed E-state index contributed by atoms with van der Waals surface area (Å²) < 4.78 is 12.6. The van der Waals surface area contributed by atoms with Crippen LogP contribution in [0.3, 0.4) is 0 Å². The quantitative estimate of drug-likeness (QED) is 0.164. The summed E-state index contributed by atoms with van der Waals surface area (Å²) in [7, 11) is 0. The van der Waals surface area contributed by atoms with Crippen LogP contribution in [0.15, 0.2) is 197 Å². The molecule has 0 saturated heterocycles. The van der Waals surface area contributed by atoms with Gasteiger partial charge in [-0.1, -0.05) is 140 Å². The lowest BCUT2D eigenvalue weighted by molar-refractivity contribution is 0.668. The Labute approximate surface area is 332 Å². The van der Waals surface area contributed by atoms with E-state index in [4.69, 9.17) is 23.8 Å². The van der Waals surface area contributed by atoms with Gasteiger partial charge in [-0.25, -0.2) is 15.0 Å². The number of hydrogen-bond acceptors (Lipinski definition) is 5. The van der Waals surface area contributed by atoms with Gasteiger partial charge in [0, 0.05) is 38.2 Å². The average Bonchev–Trinajstić information content (AvgIpc) is 3.87. The third kappa shape index (κ3) is 5.29. The second-order valence-corrected chi connectivity index (χ2v) is 14.8. The topological polar surface area (TPSA) is 65.0 Å². The summed E-state index contributed by atoms with van der Waals surface area (Å²) in [5, 5.41) is 9.26. The first-order chi connectivity index (χ1) is 28.7. The SMILES string of the molecule is c1ccc(-c2nc(-c3ccc(-c4cccc5oc6ccc(-c7ccc8ccc9ccccc9c8c7)cc6c45)cc3)nc(-c3ccc4oc5ccccc5c4c3)n2)cc1. The van der Waals surface area contributed by atoms with E-state index >= 15 is 0 Å². The second kappa shape index (κ2) is 12.8. The monoisotopic (exact) mass is 741 g/mol. The highest BCUT2D eigenvalue weighted by molar-refractivity contribution is 6.14. The van der Waals surface area contributed by atoms with E-state index in [1.807, 2.05) is 60.7 Å². The molecule has 12 aromatic rings. The summed E-state index contributed by atoms with van der Waals surface area (Å²) in [6, 6.07) is 65.3. The first kappa shape index (κ1) is 32.4. The number of fused-ring (bicyclic) bond motifs is 9. The van der Waals surface area contributed by atoms with Crippen molar-refractivity contribution in [3.63, 3.8) is 0 Å². The smallest absolute Gasteiger partial charge is 0.164 e. The van der Waals surface area contributed by atoms with Crippen molar-refractivity contribution < 1.29 is 8.83 Å². The molecule has 0 saturated carbocycles. The predicted molar refractivity (Wildman–Crippen MR) is 237 cm³/mol. The zero-order chi connectivity index (χ0) is 38.2. The van der Waals surface area contributed by atoms with Gasteiger partial charge in [-0.15, -0.1) is 0 Å². The Balaban J connectivity index is 0.953. The fourth-order valence-corrected chi connectivity index (χ4v) is 8.44. The average molecular weight is 742 g/mol. The second-order valence-electron chi connectivity index (χ2n) is 14.8. The van der Waals surface area contributed by atoms with Gasteiger partial charge in [0.25, 0.3) is 0 Å². The Morgan fingerprint density at radius 3 is 1.59 bits per heavy atom. The minimum atomic E-state index is 0.602. The van der Waals surface area contributed by atoms with Crippen molar-refractivity contribution in [3.8, 4) is 56.4 Å². The molecule has 5 nitrogen and oxygen atoms in total. The normalized spacial score (nSPS) is 11.8. The Bertz CT molecular complexity index is 3570. The van der Waals surface area contributed by atoms with Gasteiger partial charge in [0.05, 0.1) is 0 Å². The predicted octanol–water partition coefficient (Wildman–Crippen LogP) is 14.3. The molecule has 270 valence electrons. The maximum absolute atomic E-state index is 6.45. The summed E-state index contributed by atoms with van der Waals surface area (Å²) >= 11 is 0. The van der Waals surface area contributed by atoms with Gasteiger partial charge in [-0.05, 0) is 92.3 Å². The Morgan fingerprint density at radius 2 is 0.776 bits per heavy atom. The molecule has 0 N–H and O–H groups in total. The summed E-state index contributed by atoms with van der Waals surface area (Å²) in [6.45, 7) is 0. The molecule has 58 heavy (non-hydrogen) atoms. The third-order valence-electron chi connectivity index (χ3n) is 11.3. The number of rotatable bonds is 5. The molecule has 0 aliphatic rings. The number of furan rings is 2. The van der Waals surface area contributed by atoms with Gasteiger partial charge in [-0.3, -0.25) is 0 Å². The maximum atomic E-state index is 6.45. The van der Waals surface area contributed by atoms with Crippen LogP contribution >= 0.6 is 0 Å². The molecule has 0 bridgehead atoms. The van der Waals surface area contributed by atoms with Crippen molar-refractivity contribution in [2.24, 2.45) is 0 Å². The lowest BCUT2D eigenvalue weighted by atomic mass is 9.95. The molecular formula is C53H31N3O2. The minimum Gasteiger partial charge on any atom is -0.456 e. The molecule has 5 heteroatoms. The van der Waals surface area contributed by atoms with Crippen LogP contribution in [0.4, 0.5) is 0 Å². The zero-order valence-electron chi connectivity index (χ0n) is 31.1. The molecule has 0 aliphatic heterocycles. The minimum absolute atomic E-state index is 0.602. The molecule has 0 aliphatic carbocycles. The molecule has 0 amide bonds. The van der Waals surface area contributed by atoms with Gasteiger partial charge in [0.15, 0.2) is 17.5 Å². The highest BCUT2D eigenvalue weighted by atomic mass is 16.3. The number of hydrogen-bond donors (Lipinski definition) is 0. The lowest BCUT2D eigenvalue weighted by Gasteiger charge is -2.10. The number of aromatic nitrogens is 3. The van der Waals surface area contributed by atoms with Crippen LogP contribution in [0, 0.1) is 0 Å². The standard InChI is InChI=1S/C53H31N3O2/c1-2-10-35(11-3-1)51-54-52(56-53(55-51)39-26-28-47-44(31-39)42-13-6-7-15-46(42)57-47)36-22-19-33(20-23-36)41-14-8-16-49-50(41)45-30-38(25-27-48(45)58-49)37-24-21-34-18-17-32-9-4-5-12-40(32)43(34)29-37/h1-31H. The van der Waals surface area contributed by atoms with E-state index in [1.54, 1.807) is 0 Å². The highest BCUT2D eigenvalue weighted by Crippen LogP contribution is 2.40. The molecule has 3 heterocycles. The molecule has 0 spiro atoms. The third-order valence-corrected chi connectivity index (χ3v) is 11.3. The van der Waals surface area contributed by atoms with E-state index in [9.17, 15) is 0 Å². The van der Waals surface area contributed by atoms with Gasteiger partial charge in [-0.2, -0.15) is 0 Å². The first-order valence-electron chi connectivity index (χ1n) is 19.4. The van der Waals surface area contributed by atoms with Crippen LogP contribution in [-0.2, 0) is 0 Å². The molecule has 0 fully saturated rings. The van der Waals surface area contributed by atoms with Gasteiger partial charge >= 0.3 is 0 Å². The maximum Gasteiger partial charge on any atom is 0.164 e.